The van der Waals surface area contributed by atoms with Crippen LogP contribution in [0.3, 0.4) is 0 Å². The molecule has 0 saturated carbocycles. The Hall–Kier alpha value is -1.25. The van der Waals surface area contributed by atoms with Gasteiger partial charge in [0.2, 0.25) is 0 Å². The highest BCUT2D eigenvalue weighted by Gasteiger charge is 2.33. The van der Waals surface area contributed by atoms with Gasteiger partial charge in [-0.25, -0.2) is 4.39 Å². The molecule has 1 fully saturated rings. The molecular weight excluding hydrogens is 369 g/mol. The number of carboxylic acid groups (broad SMARTS) is 1. The van der Waals surface area contributed by atoms with E-state index in [0.29, 0.717) is 4.47 Å². The van der Waals surface area contributed by atoms with Gasteiger partial charge in [-0.05, 0) is 18.2 Å². The summed E-state index contributed by atoms with van der Waals surface area (Å²) in [5.41, 5.74) is 0.240. The first-order valence-electron chi connectivity index (χ1n) is 5.30. The Labute approximate surface area is 131 Å². The number of carbonyl (C=O) groups is 2. The van der Waals surface area contributed by atoms with Crippen LogP contribution in [0.15, 0.2) is 27.6 Å². The lowest BCUT2D eigenvalue weighted by atomic mass is 10.2. The van der Waals surface area contributed by atoms with Crippen LogP contribution in [-0.4, -0.2) is 32.7 Å². The predicted molar refractivity (Wildman–Crippen MR) is 81.6 cm³/mol. The Balaban J connectivity index is 2.30. The highest BCUT2D eigenvalue weighted by molar-refractivity contribution is 9.10. The number of amides is 1. The van der Waals surface area contributed by atoms with E-state index in [-0.39, 0.29) is 14.8 Å². The number of hydrogen-bond acceptors (Lipinski definition) is 4. The first kappa shape index (κ1) is 15.1. The van der Waals surface area contributed by atoms with Gasteiger partial charge in [0.05, 0.1) is 4.91 Å². The third-order valence-electron chi connectivity index (χ3n) is 2.42. The summed E-state index contributed by atoms with van der Waals surface area (Å²) >= 11 is 9.04. The number of thioether (sulfide) groups is 1. The largest absolute Gasteiger partial charge is 0.480 e. The number of carboxylic acids is 1. The summed E-state index contributed by atoms with van der Waals surface area (Å²) in [6, 6.07) is 4.44. The Kier molecular flexibility index (Phi) is 4.56. The summed E-state index contributed by atoms with van der Waals surface area (Å²) in [4.78, 5) is 23.8. The summed E-state index contributed by atoms with van der Waals surface area (Å²) in [5, 5.41) is 8.71. The fourth-order valence-corrected chi connectivity index (χ4v) is 3.11. The van der Waals surface area contributed by atoms with Crippen molar-refractivity contribution in [3.05, 3.63) is 39.0 Å². The molecular formula is C12H7BrFNO3S2. The van der Waals surface area contributed by atoms with Gasteiger partial charge < -0.3 is 5.11 Å². The van der Waals surface area contributed by atoms with Crippen molar-refractivity contribution in [2.24, 2.45) is 0 Å². The Bertz CT molecular complexity index is 648. The van der Waals surface area contributed by atoms with Crippen molar-refractivity contribution in [1.82, 2.24) is 4.90 Å². The van der Waals surface area contributed by atoms with Gasteiger partial charge in [-0.15, -0.1) is 0 Å². The van der Waals surface area contributed by atoms with Gasteiger partial charge in [-0.2, -0.15) is 0 Å². The normalized spacial score (nSPS) is 17.1. The summed E-state index contributed by atoms with van der Waals surface area (Å²) in [5.74, 6) is -2.16. The molecule has 1 heterocycles. The number of benzene rings is 1. The molecule has 1 N–H and O–H groups in total. The van der Waals surface area contributed by atoms with E-state index in [9.17, 15) is 14.0 Å². The van der Waals surface area contributed by atoms with Crippen LogP contribution in [0.25, 0.3) is 6.08 Å². The van der Waals surface area contributed by atoms with E-state index in [4.69, 9.17) is 17.3 Å². The second-order valence-corrected chi connectivity index (χ2v) is 6.42. The number of halogens is 2. The number of nitrogens with zero attached hydrogens (tertiary/aromatic N) is 1. The summed E-state index contributed by atoms with van der Waals surface area (Å²) in [6.45, 7) is -0.495. The van der Waals surface area contributed by atoms with Gasteiger partial charge >= 0.3 is 5.97 Å². The van der Waals surface area contributed by atoms with Crippen molar-refractivity contribution < 1.29 is 19.1 Å². The molecule has 104 valence electrons. The topological polar surface area (TPSA) is 57.6 Å². The highest BCUT2D eigenvalue weighted by Crippen LogP contribution is 2.33. The zero-order chi connectivity index (χ0) is 14.9. The number of aliphatic carboxylic acids is 1. The third kappa shape index (κ3) is 3.25. The first-order chi connectivity index (χ1) is 9.38. The number of carbonyl (C=O) groups excluding carboxylic acids is 1. The second-order valence-electron chi connectivity index (χ2n) is 3.83. The van der Waals surface area contributed by atoms with E-state index >= 15 is 0 Å². The monoisotopic (exact) mass is 375 g/mol. The van der Waals surface area contributed by atoms with Crippen LogP contribution in [-0.2, 0) is 9.59 Å². The Morgan fingerprint density at radius 3 is 2.85 bits per heavy atom. The van der Waals surface area contributed by atoms with Crippen LogP contribution < -0.4 is 0 Å². The van der Waals surface area contributed by atoms with Crippen molar-refractivity contribution in [3.63, 3.8) is 0 Å². The van der Waals surface area contributed by atoms with Gasteiger partial charge in [0.15, 0.2) is 0 Å². The minimum atomic E-state index is -1.16. The smallest absolute Gasteiger partial charge is 0.323 e. The van der Waals surface area contributed by atoms with E-state index in [1.165, 1.54) is 18.2 Å². The van der Waals surface area contributed by atoms with Gasteiger partial charge in [0.25, 0.3) is 5.91 Å². The Morgan fingerprint density at radius 1 is 1.55 bits per heavy atom. The summed E-state index contributed by atoms with van der Waals surface area (Å²) in [6.07, 6.45) is 1.36. The van der Waals surface area contributed by atoms with Crippen molar-refractivity contribution >= 4 is 62.2 Å². The molecule has 0 spiro atoms. The molecule has 0 atom stereocenters. The molecule has 0 aliphatic carbocycles. The maximum atomic E-state index is 13.7. The van der Waals surface area contributed by atoms with Crippen LogP contribution in [0.4, 0.5) is 4.39 Å². The molecule has 20 heavy (non-hydrogen) atoms. The van der Waals surface area contributed by atoms with E-state index in [0.717, 1.165) is 16.7 Å². The maximum absolute atomic E-state index is 13.7. The third-order valence-corrected chi connectivity index (χ3v) is 4.29. The molecule has 1 saturated heterocycles. The van der Waals surface area contributed by atoms with E-state index < -0.39 is 24.2 Å². The van der Waals surface area contributed by atoms with Crippen molar-refractivity contribution in [3.8, 4) is 0 Å². The highest BCUT2D eigenvalue weighted by atomic mass is 79.9. The van der Waals surface area contributed by atoms with E-state index in [1.807, 2.05) is 0 Å². The molecule has 8 heteroatoms. The Morgan fingerprint density at radius 2 is 2.25 bits per heavy atom. The van der Waals surface area contributed by atoms with Gasteiger partial charge in [0, 0.05) is 10.0 Å². The van der Waals surface area contributed by atoms with Crippen LogP contribution in [0.5, 0.6) is 0 Å². The average molecular weight is 376 g/mol. The zero-order valence-corrected chi connectivity index (χ0v) is 13.0. The molecule has 0 aromatic heterocycles. The number of rotatable bonds is 3. The lowest BCUT2D eigenvalue weighted by Gasteiger charge is -2.10. The standard InChI is InChI=1S/C12H7BrFNO3S2/c13-7-2-1-6(8(14)4-7)3-9-11(18)15(5-10(16)17)12(19)20-9/h1-4H,5H2,(H,16,17)/b9-3+. The fraction of sp³-hybridized carbons (Fsp3) is 0.0833. The first-order valence-corrected chi connectivity index (χ1v) is 7.32. The van der Waals surface area contributed by atoms with E-state index in [2.05, 4.69) is 15.9 Å². The predicted octanol–water partition coefficient (Wildman–Crippen LogP) is 2.87. The maximum Gasteiger partial charge on any atom is 0.323 e. The zero-order valence-electron chi connectivity index (χ0n) is 9.80. The molecule has 4 nitrogen and oxygen atoms in total. The van der Waals surface area contributed by atoms with Crippen molar-refractivity contribution in [2.45, 2.75) is 0 Å². The van der Waals surface area contributed by atoms with Gasteiger partial charge in [-0.3, -0.25) is 14.5 Å². The average Bonchev–Trinajstić information content (AvgIpc) is 2.60. The minimum absolute atomic E-state index is 0.154. The summed E-state index contributed by atoms with van der Waals surface area (Å²) in [7, 11) is 0. The van der Waals surface area contributed by atoms with Crippen LogP contribution >= 0.6 is 39.9 Å². The molecule has 0 radical (unpaired) electrons. The second kappa shape index (κ2) is 6.02. The van der Waals surface area contributed by atoms with Crippen LogP contribution in [0.2, 0.25) is 0 Å². The molecule has 1 aromatic rings. The molecule has 1 aliphatic rings. The number of hydrogen-bond donors (Lipinski definition) is 1. The fourth-order valence-electron chi connectivity index (χ4n) is 1.53. The van der Waals surface area contributed by atoms with E-state index in [1.54, 1.807) is 6.07 Å². The SMILES string of the molecule is O=C(O)CN1C(=O)/C(=C\c2ccc(Br)cc2F)SC1=S. The lowest BCUT2D eigenvalue weighted by Crippen LogP contribution is -2.33. The minimum Gasteiger partial charge on any atom is -0.480 e. The lowest BCUT2D eigenvalue weighted by molar-refractivity contribution is -0.140. The molecule has 2 rings (SSSR count). The molecule has 0 bridgehead atoms. The molecule has 1 amide bonds. The molecule has 0 unspecified atom stereocenters. The molecule has 1 aliphatic heterocycles. The van der Waals surface area contributed by atoms with Crippen LogP contribution in [0.1, 0.15) is 5.56 Å². The van der Waals surface area contributed by atoms with Gasteiger partial charge in [-0.1, -0.05) is 46.0 Å². The quantitative estimate of drug-likeness (QED) is 0.650. The molecule has 1 aromatic carbocycles. The van der Waals surface area contributed by atoms with Crippen LogP contribution in [0, 0.1) is 5.82 Å². The number of thiocarbonyl (C=S) groups is 1. The van der Waals surface area contributed by atoms with Crippen molar-refractivity contribution in [2.75, 3.05) is 6.54 Å². The van der Waals surface area contributed by atoms with Crippen molar-refractivity contribution in [1.29, 1.82) is 0 Å². The summed E-state index contributed by atoms with van der Waals surface area (Å²) < 4.78 is 14.4. The van der Waals surface area contributed by atoms with Gasteiger partial charge in [0.1, 0.15) is 16.7 Å².